The van der Waals surface area contributed by atoms with Crippen LogP contribution in [0, 0.1) is 15.9 Å². The number of ether oxygens (including phenoxy) is 1. The van der Waals surface area contributed by atoms with Crippen molar-refractivity contribution in [3.63, 3.8) is 0 Å². The first-order chi connectivity index (χ1) is 9.52. The molecule has 2 rings (SSSR count). The molecule has 0 radical (unpaired) electrons. The lowest BCUT2D eigenvalue weighted by atomic mass is 10.2. The van der Waals surface area contributed by atoms with E-state index in [1.807, 2.05) is 0 Å². The first-order valence-electron chi connectivity index (χ1n) is 5.62. The molecule has 0 atom stereocenters. The van der Waals surface area contributed by atoms with E-state index in [1.165, 1.54) is 24.3 Å². The van der Waals surface area contributed by atoms with Gasteiger partial charge < -0.3 is 10.5 Å². The van der Waals surface area contributed by atoms with Crippen molar-refractivity contribution in [3.05, 3.63) is 62.9 Å². The monoisotopic (exact) mass is 296 g/mol. The number of nitro benzene ring substituents is 1. The fourth-order valence-electron chi connectivity index (χ4n) is 1.62. The third-order valence-corrected chi connectivity index (χ3v) is 2.90. The molecule has 0 saturated heterocycles. The highest BCUT2D eigenvalue weighted by Gasteiger charge is 2.14. The third kappa shape index (κ3) is 2.87. The van der Waals surface area contributed by atoms with Crippen LogP contribution in [0.15, 0.2) is 36.4 Å². The molecule has 2 aromatic carbocycles. The number of non-ortho nitro benzene ring substituents is 1. The van der Waals surface area contributed by atoms with Crippen molar-refractivity contribution in [2.75, 3.05) is 0 Å². The first kappa shape index (κ1) is 14.2. The van der Waals surface area contributed by atoms with Crippen molar-refractivity contribution in [2.24, 2.45) is 5.73 Å². The van der Waals surface area contributed by atoms with E-state index < -0.39 is 10.7 Å². The summed E-state index contributed by atoms with van der Waals surface area (Å²) in [5.41, 5.74) is 5.81. The second-order valence-electron chi connectivity index (χ2n) is 3.91. The average Bonchev–Trinajstić information content (AvgIpc) is 2.42. The van der Waals surface area contributed by atoms with E-state index in [1.54, 1.807) is 6.07 Å². The molecule has 0 aliphatic rings. The van der Waals surface area contributed by atoms with Crippen LogP contribution in [0.4, 0.5) is 10.1 Å². The van der Waals surface area contributed by atoms with E-state index in [0.717, 1.165) is 6.07 Å². The molecule has 2 N–H and O–H groups in total. The van der Waals surface area contributed by atoms with Crippen molar-refractivity contribution >= 4 is 17.3 Å². The second kappa shape index (κ2) is 5.85. The molecule has 0 fully saturated rings. The quantitative estimate of drug-likeness (QED) is 0.690. The van der Waals surface area contributed by atoms with Gasteiger partial charge in [-0.05, 0) is 12.1 Å². The van der Waals surface area contributed by atoms with Crippen molar-refractivity contribution in [2.45, 2.75) is 6.54 Å². The maximum atomic E-state index is 13.7. The molecule has 0 aliphatic heterocycles. The van der Waals surface area contributed by atoms with Crippen molar-refractivity contribution in [1.82, 2.24) is 0 Å². The van der Waals surface area contributed by atoms with Crippen LogP contribution in [0.1, 0.15) is 5.56 Å². The number of rotatable bonds is 4. The van der Waals surface area contributed by atoms with E-state index >= 15 is 0 Å². The van der Waals surface area contributed by atoms with Crippen LogP contribution in [-0.4, -0.2) is 4.92 Å². The van der Waals surface area contributed by atoms with Gasteiger partial charge in [-0.15, -0.1) is 0 Å². The van der Waals surface area contributed by atoms with Gasteiger partial charge in [-0.3, -0.25) is 10.1 Å². The minimum Gasteiger partial charge on any atom is -0.452 e. The van der Waals surface area contributed by atoms with Gasteiger partial charge in [0.15, 0.2) is 11.6 Å². The Hall–Kier alpha value is -2.18. The van der Waals surface area contributed by atoms with E-state index in [4.69, 9.17) is 22.1 Å². The fraction of sp³-hybridized carbons (Fsp3) is 0.0769. The molecular formula is C13H10ClFN2O3. The Kier molecular flexibility index (Phi) is 4.16. The summed E-state index contributed by atoms with van der Waals surface area (Å²) < 4.78 is 19.1. The van der Waals surface area contributed by atoms with Gasteiger partial charge in [0.2, 0.25) is 0 Å². The minimum absolute atomic E-state index is 0.0189. The number of nitrogens with two attached hydrogens (primary N) is 1. The lowest BCUT2D eigenvalue weighted by Gasteiger charge is -2.11. The lowest BCUT2D eigenvalue weighted by molar-refractivity contribution is -0.384. The Morgan fingerprint density at radius 2 is 2.10 bits per heavy atom. The molecule has 7 heteroatoms. The summed E-state index contributed by atoms with van der Waals surface area (Å²) in [5.74, 6) is -0.495. The van der Waals surface area contributed by atoms with Crippen molar-refractivity contribution in [3.8, 4) is 11.5 Å². The predicted molar refractivity (Wildman–Crippen MR) is 72.5 cm³/mol. The molecule has 5 nitrogen and oxygen atoms in total. The number of hydrogen-bond donors (Lipinski definition) is 1. The molecular weight excluding hydrogens is 287 g/mol. The zero-order valence-electron chi connectivity index (χ0n) is 10.2. The van der Waals surface area contributed by atoms with Crippen LogP contribution < -0.4 is 10.5 Å². The highest BCUT2D eigenvalue weighted by Crippen LogP contribution is 2.34. The number of halogens is 2. The maximum absolute atomic E-state index is 13.7. The van der Waals surface area contributed by atoms with Gasteiger partial charge in [-0.25, -0.2) is 4.39 Å². The van der Waals surface area contributed by atoms with Gasteiger partial charge >= 0.3 is 0 Å². The summed E-state index contributed by atoms with van der Waals surface area (Å²) >= 11 is 5.89. The molecule has 0 heterocycles. The summed E-state index contributed by atoms with van der Waals surface area (Å²) in [6, 6.07) is 8.05. The smallest absolute Gasteiger partial charge is 0.271 e. The highest BCUT2D eigenvalue weighted by molar-refractivity contribution is 6.32. The average molecular weight is 297 g/mol. The van der Waals surface area contributed by atoms with E-state index in [0.29, 0.717) is 5.56 Å². The van der Waals surface area contributed by atoms with Crippen LogP contribution in [0.2, 0.25) is 5.02 Å². The van der Waals surface area contributed by atoms with Crippen LogP contribution in [0.25, 0.3) is 0 Å². The number of para-hydroxylation sites is 1. The van der Waals surface area contributed by atoms with Gasteiger partial charge in [0, 0.05) is 24.2 Å². The second-order valence-corrected chi connectivity index (χ2v) is 4.31. The molecule has 0 aliphatic carbocycles. The van der Waals surface area contributed by atoms with Crippen LogP contribution in [0.3, 0.4) is 0 Å². The third-order valence-electron chi connectivity index (χ3n) is 2.61. The summed E-state index contributed by atoms with van der Waals surface area (Å²) in [4.78, 5) is 10.0. The molecule has 20 heavy (non-hydrogen) atoms. The van der Waals surface area contributed by atoms with Gasteiger partial charge in [0.1, 0.15) is 5.75 Å². The molecule has 0 saturated carbocycles. The fourth-order valence-corrected chi connectivity index (χ4v) is 1.84. The molecule has 0 spiro atoms. The standard InChI is InChI=1S/C13H10ClFN2O3/c14-10-6-9(17(18)19)4-5-12(10)20-13-8(7-16)2-1-3-11(13)15/h1-6H,7,16H2. The number of benzene rings is 2. The van der Waals surface area contributed by atoms with Gasteiger partial charge in [-0.2, -0.15) is 0 Å². The van der Waals surface area contributed by atoms with Gasteiger partial charge in [0.25, 0.3) is 5.69 Å². The SMILES string of the molecule is NCc1cccc(F)c1Oc1ccc([N+](=O)[O-])cc1Cl. The summed E-state index contributed by atoms with van der Waals surface area (Å²) in [5, 5.41) is 10.6. The number of hydrogen-bond acceptors (Lipinski definition) is 4. The van der Waals surface area contributed by atoms with Crippen LogP contribution >= 0.6 is 11.6 Å². The van der Waals surface area contributed by atoms with Gasteiger partial charge in [-0.1, -0.05) is 23.7 Å². The molecule has 104 valence electrons. The predicted octanol–water partition coefficient (Wildman–Crippen LogP) is 3.64. The highest BCUT2D eigenvalue weighted by atomic mass is 35.5. The van der Waals surface area contributed by atoms with Crippen LogP contribution in [-0.2, 0) is 6.54 Å². The molecule has 0 unspecified atom stereocenters. The summed E-state index contributed by atoms with van der Waals surface area (Å²) in [6.45, 7) is 0.0949. The minimum atomic E-state index is -0.581. The normalized spacial score (nSPS) is 10.3. The molecule has 2 aromatic rings. The molecule has 0 aromatic heterocycles. The largest absolute Gasteiger partial charge is 0.452 e. The Labute approximate surface area is 118 Å². The Balaban J connectivity index is 2.38. The van der Waals surface area contributed by atoms with Crippen molar-refractivity contribution in [1.29, 1.82) is 0 Å². The Morgan fingerprint density at radius 3 is 2.70 bits per heavy atom. The van der Waals surface area contributed by atoms with Crippen LogP contribution in [0.5, 0.6) is 11.5 Å². The zero-order valence-corrected chi connectivity index (χ0v) is 10.9. The first-order valence-corrected chi connectivity index (χ1v) is 6.00. The molecule has 0 amide bonds. The number of nitrogens with zero attached hydrogens (tertiary/aromatic N) is 1. The molecule has 0 bridgehead atoms. The number of nitro groups is 1. The van der Waals surface area contributed by atoms with Gasteiger partial charge in [0.05, 0.1) is 9.95 Å². The van der Waals surface area contributed by atoms with E-state index in [-0.39, 0.29) is 28.8 Å². The maximum Gasteiger partial charge on any atom is 0.271 e. The Morgan fingerprint density at radius 1 is 1.35 bits per heavy atom. The van der Waals surface area contributed by atoms with Crippen molar-refractivity contribution < 1.29 is 14.1 Å². The summed E-state index contributed by atoms with van der Waals surface area (Å²) in [7, 11) is 0. The zero-order chi connectivity index (χ0) is 14.7. The van der Waals surface area contributed by atoms with E-state index in [2.05, 4.69) is 0 Å². The topological polar surface area (TPSA) is 78.4 Å². The van der Waals surface area contributed by atoms with E-state index in [9.17, 15) is 14.5 Å². The Bertz CT molecular complexity index is 664. The lowest BCUT2D eigenvalue weighted by Crippen LogP contribution is -2.01. The summed E-state index contributed by atoms with van der Waals surface area (Å²) in [6.07, 6.45) is 0.